The average molecular weight is 231 g/mol. The lowest BCUT2D eigenvalue weighted by atomic mass is 9.83. The lowest BCUT2D eigenvalue weighted by Gasteiger charge is -2.30. The van der Waals surface area contributed by atoms with Crippen LogP contribution in [0.3, 0.4) is 0 Å². The second-order valence-electron chi connectivity index (χ2n) is 5.34. The first-order valence-electron chi connectivity index (χ1n) is 7.13. The Labute approximate surface area is 106 Å². The minimum absolute atomic E-state index is 0.728. The SMILES string of the molecule is CCCC1CNCC(c2ccc(CC)cc2)C1. The van der Waals surface area contributed by atoms with Gasteiger partial charge in [0.2, 0.25) is 0 Å². The Balaban J connectivity index is 2.00. The van der Waals surface area contributed by atoms with E-state index in [-0.39, 0.29) is 0 Å². The summed E-state index contributed by atoms with van der Waals surface area (Å²) < 4.78 is 0. The highest BCUT2D eigenvalue weighted by molar-refractivity contribution is 5.26. The molecule has 1 aromatic rings. The molecule has 0 saturated carbocycles. The fourth-order valence-corrected chi connectivity index (χ4v) is 2.94. The van der Waals surface area contributed by atoms with E-state index in [1.54, 1.807) is 0 Å². The summed E-state index contributed by atoms with van der Waals surface area (Å²) in [6.07, 6.45) is 5.19. The molecule has 0 aliphatic carbocycles. The third kappa shape index (κ3) is 3.32. The average Bonchev–Trinajstić information content (AvgIpc) is 2.40. The fourth-order valence-electron chi connectivity index (χ4n) is 2.94. The van der Waals surface area contributed by atoms with E-state index in [4.69, 9.17) is 0 Å². The van der Waals surface area contributed by atoms with Crippen LogP contribution >= 0.6 is 0 Å². The predicted molar refractivity (Wildman–Crippen MR) is 74.4 cm³/mol. The van der Waals surface area contributed by atoms with Crippen molar-refractivity contribution >= 4 is 0 Å². The topological polar surface area (TPSA) is 12.0 Å². The Morgan fingerprint density at radius 1 is 1.12 bits per heavy atom. The van der Waals surface area contributed by atoms with Gasteiger partial charge in [-0.3, -0.25) is 0 Å². The molecule has 1 heterocycles. The Bertz CT molecular complexity index is 326. The van der Waals surface area contributed by atoms with Gasteiger partial charge >= 0.3 is 0 Å². The molecule has 1 aromatic carbocycles. The van der Waals surface area contributed by atoms with Gasteiger partial charge in [-0.15, -0.1) is 0 Å². The van der Waals surface area contributed by atoms with Crippen LogP contribution in [0.5, 0.6) is 0 Å². The van der Waals surface area contributed by atoms with Gasteiger partial charge in [-0.2, -0.15) is 0 Å². The molecule has 0 aromatic heterocycles. The van der Waals surface area contributed by atoms with Crippen LogP contribution in [0, 0.1) is 5.92 Å². The summed E-state index contributed by atoms with van der Waals surface area (Å²) in [7, 11) is 0. The first-order valence-corrected chi connectivity index (χ1v) is 7.13. The maximum absolute atomic E-state index is 3.60. The van der Waals surface area contributed by atoms with Gasteiger partial charge in [0.05, 0.1) is 0 Å². The zero-order chi connectivity index (χ0) is 12.1. The van der Waals surface area contributed by atoms with Gasteiger partial charge in [0, 0.05) is 6.54 Å². The summed E-state index contributed by atoms with van der Waals surface area (Å²) in [5.41, 5.74) is 2.97. The summed E-state index contributed by atoms with van der Waals surface area (Å²) in [6, 6.07) is 9.25. The van der Waals surface area contributed by atoms with Crippen molar-refractivity contribution in [3.63, 3.8) is 0 Å². The molecule has 1 aliphatic heterocycles. The molecule has 17 heavy (non-hydrogen) atoms. The summed E-state index contributed by atoms with van der Waals surface area (Å²) >= 11 is 0. The number of hydrogen-bond donors (Lipinski definition) is 1. The highest BCUT2D eigenvalue weighted by Crippen LogP contribution is 2.28. The molecule has 1 saturated heterocycles. The Hall–Kier alpha value is -0.820. The van der Waals surface area contributed by atoms with Crippen LogP contribution in [0.15, 0.2) is 24.3 Å². The van der Waals surface area contributed by atoms with Crippen molar-refractivity contribution in [2.75, 3.05) is 13.1 Å². The molecular formula is C16H25N. The van der Waals surface area contributed by atoms with Crippen LogP contribution in [0.1, 0.15) is 50.2 Å². The van der Waals surface area contributed by atoms with E-state index < -0.39 is 0 Å². The van der Waals surface area contributed by atoms with Crippen LogP contribution in [0.4, 0.5) is 0 Å². The smallest absolute Gasteiger partial charge is 0.00203 e. The van der Waals surface area contributed by atoms with Crippen LogP contribution < -0.4 is 5.32 Å². The molecule has 2 rings (SSSR count). The number of rotatable bonds is 4. The van der Waals surface area contributed by atoms with E-state index in [2.05, 4.69) is 43.4 Å². The van der Waals surface area contributed by atoms with Crippen molar-refractivity contribution in [3.8, 4) is 0 Å². The first kappa shape index (κ1) is 12.6. The van der Waals surface area contributed by atoms with Crippen molar-refractivity contribution in [1.82, 2.24) is 5.32 Å². The normalized spacial score (nSPS) is 24.8. The molecule has 1 heteroatoms. The zero-order valence-corrected chi connectivity index (χ0v) is 11.2. The van der Waals surface area contributed by atoms with E-state index in [1.165, 1.54) is 36.9 Å². The molecule has 0 amide bonds. The fraction of sp³-hybridized carbons (Fsp3) is 0.625. The maximum atomic E-state index is 3.60. The van der Waals surface area contributed by atoms with Gasteiger partial charge in [-0.25, -0.2) is 0 Å². The van der Waals surface area contributed by atoms with Crippen LogP contribution in [0.2, 0.25) is 0 Å². The molecule has 2 atom stereocenters. The van der Waals surface area contributed by atoms with E-state index in [0.29, 0.717) is 0 Å². The molecule has 2 unspecified atom stereocenters. The van der Waals surface area contributed by atoms with Crippen molar-refractivity contribution in [1.29, 1.82) is 0 Å². The van der Waals surface area contributed by atoms with E-state index in [9.17, 15) is 0 Å². The monoisotopic (exact) mass is 231 g/mol. The van der Waals surface area contributed by atoms with Crippen molar-refractivity contribution in [2.45, 2.75) is 45.4 Å². The van der Waals surface area contributed by atoms with Crippen LogP contribution in [-0.4, -0.2) is 13.1 Å². The molecule has 0 bridgehead atoms. The van der Waals surface area contributed by atoms with Gasteiger partial charge < -0.3 is 5.32 Å². The highest BCUT2D eigenvalue weighted by Gasteiger charge is 2.21. The van der Waals surface area contributed by atoms with E-state index in [0.717, 1.165) is 24.8 Å². The lowest BCUT2D eigenvalue weighted by Crippen LogP contribution is -2.35. The lowest BCUT2D eigenvalue weighted by molar-refractivity contribution is 0.323. The number of aryl methyl sites for hydroxylation is 1. The largest absolute Gasteiger partial charge is 0.316 e. The highest BCUT2D eigenvalue weighted by atomic mass is 14.9. The Kier molecular flexibility index (Phi) is 4.61. The van der Waals surface area contributed by atoms with Crippen LogP contribution in [0.25, 0.3) is 0 Å². The second kappa shape index (κ2) is 6.20. The summed E-state index contributed by atoms with van der Waals surface area (Å²) in [6.45, 7) is 6.89. The predicted octanol–water partition coefficient (Wildman–Crippen LogP) is 3.74. The Morgan fingerprint density at radius 2 is 1.88 bits per heavy atom. The quantitative estimate of drug-likeness (QED) is 0.832. The number of benzene rings is 1. The molecule has 1 N–H and O–H groups in total. The molecule has 0 spiro atoms. The van der Waals surface area contributed by atoms with Gasteiger partial charge in [0.1, 0.15) is 0 Å². The first-order chi connectivity index (χ1) is 8.33. The Morgan fingerprint density at radius 3 is 2.53 bits per heavy atom. The van der Waals surface area contributed by atoms with E-state index in [1.807, 2.05) is 0 Å². The van der Waals surface area contributed by atoms with Gasteiger partial charge in [0.25, 0.3) is 0 Å². The van der Waals surface area contributed by atoms with Crippen molar-refractivity contribution in [3.05, 3.63) is 35.4 Å². The molecule has 1 aliphatic rings. The minimum Gasteiger partial charge on any atom is -0.316 e. The third-order valence-corrected chi connectivity index (χ3v) is 4.00. The summed E-state index contributed by atoms with van der Waals surface area (Å²) in [4.78, 5) is 0. The van der Waals surface area contributed by atoms with Gasteiger partial charge in [-0.05, 0) is 48.8 Å². The third-order valence-electron chi connectivity index (χ3n) is 4.00. The van der Waals surface area contributed by atoms with Crippen molar-refractivity contribution in [2.24, 2.45) is 5.92 Å². The summed E-state index contributed by atoms with van der Waals surface area (Å²) in [5, 5.41) is 3.60. The second-order valence-corrected chi connectivity index (χ2v) is 5.34. The molecular weight excluding hydrogens is 206 g/mol. The molecule has 0 radical (unpaired) electrons. The van der Waals surface area contributed by atoms with Crippen molar-refractivity contribution < 1.29 is 0 Å². The number of piperidine rings is 1. The maximum Gasteiger partial charge on any atom is 0.00203 e. The van der Waals surface area contributed by atoms with Gasteiger partial charge in [0.15, 0.2) is 0 Å². The molecule has 1 nitrogen and oxygen atoms in total. The number of nitrogens with one attached hydrogen (secondary N) is 1. The number of hydrogen-bond acceptors (Lipinski definition) is 1. The zero-order valence-electron chi connectivity index (χ0n) is 11.2. The van der Waals surface area contributed by atoms with Crippen LogP contribution in [-0.2, 0) is 6.42 Å². The molecule has 1 fully saturated rings. The van der Waals surface area contributed by atoms with E-state index >= 15 is 0 Å². The molecule has 94 valence electrons. The van der Waals surface area contributed by atoms with Gasteiger partial charge in [-0.1, -0.05) is 44.5 Å². The minimum atomic E-state index is 0.728. The standard InChI is InChI=1S/C16H25N/c1-3-5-14-10-16(12-17-11-14)15-8-6-13(4-2)7-9-15/h6-9,14,16-17H,3-5,10-12H2,1-2H3. The summed E-state index contributed by atoms with van der Waals surface area (Å²) in [5.74, 6) is 1.61.